The lowest BCUT2D eigenvalue weighted by molar-refractivity contribution is 0.162. The van der Waals surface area contributed by atoms with Gasteiger partial charge in [-0.15, -0.1) is 0 Å². The van der Waals surface area contributed by atoms with Crippen molar-refractivity contribution in [2.24, 2.45) is 23.2 Å². The van der Waals surface area contributed by atoms with Crippen molar-refractivity contribution in [3.63, 3.8) is 0 Å². The molecule has 2 rings (SSSR count). The molecule has 0 radical (unpaired) electrons. The molecule has 2 fully saturated rings. The molecule has 0 amide bonds. The van der Waals surface area contributed by atoms with Gasteiger partial charge in [0, 0.05) is 0 Å². The number of nitriles is 1. The summed E-state index contributed by atoms with van der Waals surface area (Å²) < 4.78 is 0. The minimum absolute atomic E-state index is 0.0365. The molecule has 30 heavy (non-hydrogen) atoms. The maximum atomic E-state index is 9.98. The highest BCUT2D eigenvalue weighted by Gasteiger charge is 2.36. The van der Waals surface area contributed by atoms with Crippen molar-refractivity contribution in [2.45, 2.75) is 155 Å². The average Bonchev–Trinajstić information content (AvgIpc) is 2.79. The Morgan fingerprint density at radius 1 is 0.600 bits per heavy atom. The molecule has 0 unspecified atom stereocenters. The third-order valence-electron chi connectivity index (χ3n) is 8.73. The topological polar surface area (TPSA) is 23.8 Å². The molecule has 0 spiro atoms. The van der Waals surface area contributed by atoms with Crippen LogP contribution in [0.15, 0.2) is 0 Å². The summed E-state index contributed by atoms with van der Waals surface area (Å²) in [5.41, 5.74) is 0.0365. The average molecular weight is 416 g/mol. The summed E-state index contributed by atoms with van der Waals surface area (Å²) in [5.74, 6) is 2.85. The second-order valence-electron chi connectivity index (χ2n) is 11.2. The molecule has 2 aliphatic carbocycles. The van der Waals surface area contributed by atoms with Gasteiger partial charge < -0.3 is 0 Å². The zero-order chi connectivity index (χ0) is 21.5. The van der Waals surface area contributed by atoms with Crippen LogP contribution in [0.2, 0.25) is 0 Å². The van der Waals surface area contributed by atoms with Crippen LogP contribution < -0.4 is 0 Å². The molecule has 0 N–H and O–H groups in total. The normalized spacial score (nSPS) is 29.6. The van der Waals surface area contributed by atoms with E-state index < -0.39 is 0 Å². The van der Waals surface area contributed by atoms with Crippen LogP contribution in [0.5, 0.6) is 0 Å². The molecule has 0 bridgehead atoms. The fourth-order valence-electron chi connectivity index (χ4n) is 6.30. The first kappa shape index (κ1) is 25.7. The summed E-state index contributed by atoms with van der Waals surface area (Å²) in [6, 6.07) is 2.81. The number of hydrogen-bond acceptors (Lipinski definition) is 1. The Labute approximate surface area is 189 Å². The van der Waals surface area contributed by atoms with E-state index in [0.717, 1.165) is 17.8 Å². The molecular weight excluding hydrogens is 362 g/mol. The van der Waals surface area contributed by atoms with E-state index in [9.17, 15) is 5.26 Å². The lowest BCUT2D eigenvalue weighted by Gasteiger charge is -2.37. The van der Waals surface area contributed by atoms with E-state index in [1.54, 1.807) is 0 Å². The predicted octanol–water partition coefficient (Wildman–Crippen LogP) is 9.99. The van der Waals surface area contributed by atoms with Gasteiger partial charge in [-0.2, -0.15) is 5.26 Å². The minimum atomic E-state index is 0.0365. The van der Waals surface area contributed by atoms with Gasteiger partial charge in [-0.3, -0.25) is 0 Å². The van der Waals surface area contributed by atoms with E-state index in [1.165, 1.54) is 141 Å². The molecule has 0 aliphatic heterocycles. The van der Waals surface area contributed by atoms with E-state index in [1.807, 2.05) is 0 Å². The van der Waals surface area contributed by atoms with Crippen LogP contribution in [0.25, 0.3) is 0 Å². The Balaban J connectivity index is 1.57. The van der Waals surface area contributed by atoms with Crippen molar-refractivity contribution >= 4 is 0 Å². The van der Waals surface area contributed by atoms with Crippen LogP contribution >= 0.6 is 0 Å². The fourth-order valence-corrected chi connectivity index (χ4v) is 6.30. The van der Waals surface area contributed by atoms with E-state index in [0.29, 0.717) is 0 Å². The zero-order valence-corrected chi connectivity index (χ0v) is 20.7. The Bertz CT molecular complexity index is 445. The largest absolute Gasteiger partial charge is 0.198 e. The van der Waals surface area contributed by atoms with Crippen molar-refractivity contribution in [3.8, 4) is 6.07 Å². The van der Waals surface area contributed by atoms with Gasteiger partial charge in [0.15, 0.2) is 0 Å². The molecule has 2 aliphatic rings. The standard InChI is InChI=1S/C29H53N/c1-3-5-7-9-11-13-26-15-17-28(18-16-26)21-24-29(25-30)22-19-27(20-23-29)14-12-10-8-6-4-2/h26-28H,3-24H2,1-2H3/t26-,27-,28-,29-. The molecule has 0 aromatic rings. The molecule has 0 atom stereocenters. The molecule has 1 heteroatoms. The van der Waals surface area contributed by atoms with E-state index in [4.69, 9.17) is 0 Å². The first-order chi connectivity index (χ1) is 14.7. The lowest BCUT2D eigenvalue weighted by atomic mass is 9.66. The summed E-state index contributed by atoms with van der Waals surface area (Å²) in [5, 5.41) is 9.98. The van der Waals surface area contributed by atoms with Crippen molar-refractivity contribution in [1.29, 1.82) is 5.26 Å². The van der Waals surface area contributed by atoms with Crippen molar-refractivity contribution in [3.05, 3.63) is 0 Å². The van der Waals surface area contributed by atoms with E-state index >= 15 is 0 Å². The minimum Gasteiger partial charge on any atom is -0.198 e. The maximum Gasteiger partial charge on any atom is 0.0689 e. The fraction of sp³-hybridized carbons (Fsp3) is 0.966. The van der Waals surface area contributed by atoms with Crippen LogP contribution in [-0.4, -0.2) is 0 Å². The summed E-state index contributed by atoms with van der Waals surface area (Å²) in [7, 11) is 0. The van der Waals surface area contributed by atoms with Gasteiger partial charge in [-0.1, -0.05) is 117 Å². The van der Waals surface area contributed by atoms with Crippen LogP contribution in [0, 0.1) is 34.5 Å². The highest BCUT2D eigenvalue weighted by Crippen LogP contribution is 2.45. The number of nitrogens with zero attached hydrogens (tertiary/aromatic N) is 1. The first-order valence-corrected chi connectivity index (χ1v) is 14.1. The molecule has 0 heterocycles. The summed E-state index contributed by atoms with van der Waals surface area (Å²) in [6.07, 6.45) is 30.5. The van der Waals surface area contributed by atoms with Crippen LogP contribution in [0.1, 0.15) is 155 Å². The van der Waals surface area contributed by atoms with Crippen molar-refractivity contribution in [2.75, 3.05) is 0 Å². The SMILES string of the molecule is CCCCCCC[C@H]1CC[C@H](CC[C@]2(C#N)CC[C@H](CCCCCCC)CC2)CC1. The lowest BCUT2D eigenvalue weighted by Crippen LogP contribution is -2.27. The Morgan fingerprint density at radius 2 is 1.03 bits per heavy atom. The zero-order valence-electron chi connectivity index (χ0n) is 20.7. The Morgan fingerprint density at radius 3 is 1.50 bits per heavy atom. The maximum absolute atomic E-state index is 9.98. The highest BCUT2D eigenvalue weighted by atomic mass is 14.4. The van der Waals surface area contributed by atoms with Gasteiger partial charge in [-0.05, 0) is 56.3 Å². The third kappa shape index (κ3) is 9.75. The van der Waals surface area contributed by atoms with Crippen molar-refractivity contribution < 1.29 is 0 Å². The first-order valence-electron chi connectivity index (χ1n) is 14.1. The number of unbranched alkanes of at least 4 members (excludes halogenated alkanes) is 8. The molecule has 1 nitrogen and oxygen atoms in total. The van der Waals surface area contributed by atoms with Gasteiger partial charge in [0.1, 0.15) is 0 Å². The summed E-state index contributed by atoms with van der Waals surface area (Å²) in [6.45, 7) is 4.60. The van der Waals surface area contributed by atoms with E-state index in [-0.39, 0.29) is 5.41 Å². The molecule has 174 valence electrons. The van der Waals surface area contributed by atoms with Crippen molar-refractivity contribution in [1.82, 2.24) is 0 Å². The molecule has 0 aromatic heterocycles. The van der Waals surface area contributed by atoms with Crippen LogP contribution in [-0.2, 0) is 0 Å². The molecule has 0 saturated heterocycles. The number of rotatable bonds is 15. The van der Waals surface area contributed by atoms with Crippen LogP contribution in [0.3, 0.4) is 0 Å². The third-order valence-corrected chi connectivity index (χ3v) is 8.73. The highest BCUT2D eigenvalue weighted by molar-refractivity contribution is 5.01. The van der Waals surface area contributed by atoms with Crippen LogP contribution in [0.4, 0.5) is 0 Å². The van der Waals surface area contributed by atoms with Gasteiger partial charge >= 0.3 is 0 Å². The van der Waals surface area contributed by atoms with Gasteiger partial charge in [0.2, 0.25) is 0 Å². The molecule has 2 saturated carbocycles. The monoisotopic (exact) mass is 415 g/mol. The number of hydrogen-bond donors (Lipinski definition) is 0. The smallest absolute Gasteiger partial charge is 0.0689 e. The van der Waals surface area contributed by atoms with Gasteiger partial charge in [0.05, 0.1) is 11.5 Å². The Kier molecular flexibility index (Phi) is 13.1. The molecular formula is C29H53N. The quantitative estimate of drug-likeness (QED) is 0.244. The van der Waals surface area contributed by atoms with Gasteiger partial charge in [-0.25, -0.2) is 0 Å². The summed E-state index contributed by atoms with van der Waals surface area (Å²) in [4.78, 5) is 0. The second-order valence-corrected chi connectivity index (χ2v) is 11.2. The predicted molar refractivity (Wildman–Crippen MR) is 131 cm³/mol. The van der Waals surface area contributed by atoms with E-state index in [2.05, 4.69) is 19.9 Å². The van der Waals surface area contributed by atoms with Gasteiger partial charge in [0.25, 0.3) is 0 Å². The second kappa shape index (κ2) is 15.3. The molecule has 0 aromatic carbocycles. The summed E-state index contributed by atoms with van der Waals surface area (Å²) >= 11 is 0. The Hall–Kier alpha value is -0.510.